The van der Waals surface area contributed by atoms with Gasteiger partial charge in [0.15, 0.2) is 0 Å². The van der Waals surface area contributed by atoms with E-state index in [1.54, 1.807) is 6.20 Å². The van der Waals surface area contributed by atoms with E-state index in [4.69, 9.17) is 16.3 Å². The van der Waals surface area contributed by atoms with Gasteiger partial charge < -0.3 is 14.7 Å². The molecule has 1 N–H and O–H groups in total. The van der Waals surface area contributed by atoms with E-state index in [-0.39, 0.29) is 36.3 Å². The summed E-state index contributed by atoms with van der Waals surface area (Å²) in [7, 11) is 0. The minimum atomic E-state index is -0.903. The molecule has 0 bridgehead atoms. The topological polar surface area (TPSA) is 100 Å². The van der Waals surface area contributed by atoms with Crippen LogP contribution < -0.4 is 4.74 Å². The highest BCUT2D eigenvalue weighted by Crippen LogP contribution is 2.44. The van der Waals surface area contributed by atoms with Gasteiger partial charge in [-0.25, -0.2) is 4.79 Å². The Hall–Kier alpha value is -3.17. The van der Waals surface area contributed by atoms with Crippen LogP contribution in [0.15, 0.2) is 30.5 Å². The lowest BCUT2D eigenvalue weighted by atomic mass is 10.00. The number of hydrogen-bond donors (Lipinski definition) is 1. The molecule has 2 aromatic heterocycles. The van der Waals surface area contributed by atoms with Crippen molar-refractivity contribution in [1.82, 2.24) is 14.8 Å². The summed E-state index contributed by atoms with van der Waals surface area (Å²) in [6.07, 6.45) is 4.51. The van der Waals surface area contributed by atoms with Crippen LogP contribution in [0.1, 0.15) is 42.5 Å². The lowest BCUT2D eigenvalue weighted by molar-refractivity contribution is -0.141. The van der Waals surface area contributed by atoms with Crippen LogP contribution in [-0.2, 0) is 16.1 Å². The molecule has 8 nitrogen and oxygen atoms in total. The summed E-state index contributed by atoms with van der Waals surface area (Å²) in [5, 5.41) is 9.86. The quantitative estimate of drug-likeness (QED) is 0.405. The van der Waals surface area contributed by atoms with Gasteiger partial charge in [0.1, 0.15) is 11.9 Å². The molecule has 38 heavy (non-hydrogen) atoms. The summed E-state index contributed by atoms with van der Waals surface area (Å²) in [6, 6.07) is 7.65. The number of nitrogens with zero attached hydrogens (tertiary/aromatic N) is 3. The van der Waals surface area contributed by atoms with Gasteiger partial charge >= 0.3 is 6.09 Å². The van der Waals surface area contributed by atoms with E-state index in [0.717, 1.165) is 56.8 Å². The minimum absolute atomic E-state index is 0.0433. The highest BCUT2D eigenvalue weighted by atomic mass is 35.5. The van der Waals surface area contributed by atoms with Crippen LogP contribution in [0.25, 0.3) is 21.3 Å². The number of rotatable bonds is 5. The Kier molecular flexibility index (Phi) is 6.52. The van der Waals surface area contributed by atoms with E-state index in [1.807, 2.05) is 31.2 Å². The maximum absolute atomic E-state index is 12.9. The van der Waals surface area contributed by atoms with Crippen molar-refractivity contribution in [3.8, 4) is 16.9 Å². The lowest BCUT2D eigenvalue weighted by Crippen LogP contribution is -2.41. The number of benzene rings is 1. The Bertz CT molecular complexity index is 1430. The smallest absolute Gasteiger partial charge is 0.407 e. The van der Waals surface area contributed by atoms with E-state index in [0.29, 0.717) is 31.0 Å². The Morgan fingerprint density at radius 2 is 1.82 bits per heavy atom. The molecule has 2 atom stereocenters. The number of likely N-dealkylation sites (tertiary alicyclic amines) is 2. The second-order valence-electron chi connectivity index (χ2n) is 10.4. The molecule has 1 saturated carbocycles. The lowest BCUT2D eigenvalue weighted by Gasteiger charge is -2.31. The largest absolute Gasteiger partial charge is 0.489 e. The van der Waals surface area contributed by atoms with Crippen molar-refractivity contribution in [3.05, 3.63) is 45.9 Å². The van der Waals surface area contributed by atoms with Crippen molar-refractivity contribution in [3.63, 3.8) is 0 Å². The van der Waals surface area contributed by atoms with Crippen LogP contribution in [0, 0.1) is 18.8 Å². The first-order chi connectivity index (χ1) is 18.3. The molecule has 6 rings (SSSR count). The third-order valence-corrected chi connectivity index (χ3v) is 9.35. The molecule has 3 aliphatic rings. The molecule has 1 aromatic carbocycles. The summed E-state index contributed by atoms with van der Waals surface area (Å²) in [5.74, 6) is 0.337. The van der Waals surface area contributed by atoms with Gasteiger partial charge in [-0.15, -0.1) is 11.3 Å². The molecule has 3 aromatic rings. The molecular weight excluding hydrogens is 526 g/mol. The number of halogens is 1. The van der Waals surface area contributed by atoms with Crippen molar-refractivity contribution >= 4 is 51.1 Å². The molecular formula is C28H28ClN3O5S. The summed E-state index contributed by atoms with van der Waals surface area (Å²) in [6.45, 7) is 3.10. The average Bonchev–Trinajstić information content (AvgIpc) is 3.59. The van der Waals surface area contributed by atoms with E-state index in [9.17, 15) is 19.5 Å². The number of imide groups is 1. The number of hydrogen-bond acceptors (Lipinski definition) is 6. The number of piperidine rings is 1. The van der Waals surface area contributed by atoms with Crippen molar-refractivity contribution in [1.29, 1.82) is 0 Å². The maximum atomic E-state index is 12.9. The molecule has 3 amide bonds. The number of aromatic nitrogens is 1. The molecule has 0 spiro atoms. The van der Waals surface area contributed by atoms with Crippen LogP contribution >= 0.6 is 22.9 Å². The van der Waals surface area contributed by atoms with Crippen LogP contribution in [0.5, 0.6) is 5.75 Å². The Morgan fingerprint density at radius 1 is 1.11 bits per heavy atom. The van der Waals surface area contributed by atoms with Gasteiger partial charge in [-0.3, -0.25) is 19.5 Å². The van der Waals surface area contributed by atoms with Gasteiger partial charge in [-0.1, -0.05) is 18.0 Å². The fourth-order valence-electron chi connectivity index (χ4n) is 6.07. The molecule has 1 aliphatic carbocycles. The fraction of sp³-hybridized carbons (Fsp3) is 0.429. The van der Waals surface area contributed by atoms with Gasteiger partial charge in [0.2, 0.25) is 11.8 Å². The summed E-state index contributed by atoms with van der Waals surface area (Å²) >= 11 is 8.02. The first-order valence-electron chi connectivity index (χ1n) is 13.0. The number of pyridine rings is 1. The standard InChI is InChI=1S/C28H28ClN3O5S/c1-15-11-16(29)12-22(24(15)37-17-6-9-31(10-7-17)28(35)36)19-5-8-30-23-13-18(38-25(19)23)14-32-26(33)20-3-2-4-21(20)27(32)34/h5,8,11-13,17,20-21H,2-4,6-7,9-10,14H2,1H3,(H,35,36). The number of ether oxygens (including phenoxy) is 1. The Balaban J connectivity index is 1.31. The zero-order chi connectivity index (χ0) is 26.6. The van der Waals surface area contributed by atoms with Crippen molar-refractivity contribution in [2.45, 2.75) is 51.7 Å². The third-order valence-electron chi connectivity index (χ3n) is 7.99. The first-order valence-corrected chi connectivity index (χ1v) is 14.2. The molecule has 2 aliphatic heterocycles. The number of aryl methyl sites for hydroxylation is 1. The second kappa shape index (κ2) is 9.85. The van der Waals surface area contributed by atoms with Crippen molar-refractivity contribution < 1.29 is 24.2 Å². The Morgan fingerprint density at radius 3 is 2.50 bits per heavy atom. The normalized spacial score (nSPS) is 21.9. The number of fused-ring (bicyclic) bond motifs is 2. The number of carboxylic acid groups (broad SMARTS) is 1. The molecule has 0 radical (unpaired) electrons. The van der Waals surface area contributed by atoms with Crippen molar-refractivity contribution in [2.75, 3.05) is 13.1 Å². The molecule has 4 heterocycles. The highest BCUT2D eigenvalue weighted by molar-refractivity contribution is 7.19. The third kappa shape index (κ3) is 4.41. The summed E-state index contributed by atoms with van der Waals surface area (Å²) in [4.78, 5) is 45.4. The number of carbonyl (C=O) groups is 3. The second-order valence-corrected chi connectivity index (χ2v) is 12.0. The van der Waals surface area contributed by atoms with Gasteiger partial charge in [0.05, 0.1) is 28.6 Å². The summed E-state index contributed by atoms with van der Waals surface area (Å²) < 4.78 is 7.44. The summed E-state index contributed by atoms with van der Waals surface area (Å²) in [5.41, 5.74) is 3.46. The van der Waals surface area contributed by atoms with E-state index >= 15 is 0 Å². The SMILES string of the molecule is Cc1cc(Cl)cc(-c2ccnc3cc(CN4C(=O)C5CCCC5C4=O)sc23)c1OC1CCN(C(=O)O)CC1. The molecule has 10 heteroatoms. The highest BCUT2D eigenvalue weighted by Gasteiger charge is 2.49. The Labute approximate surface area is 229 Å². The fourth-order valence-corrected chi connectivity index (χ4v) is 7.47. The predicted octanol–water partition coefficient (Wildman–Crippen LogP) is 5.73. The van der Waals surface area contributed by atoms with E-state index in [2.05, 4.69) is 4.98 Å². The number of amides is 3. The number of carbonyl (C=O) groups excluding carboxylic acids is 2. The van der Waals surface area contributed by atoms with Gasteiger partial charge in [-0.05, 0) is 49.6 Å². The molecule has 3 fully saturated rings. The monoisotopic (exact) mass is 553 g/mol. The van der Waals surface area contributed by atoms with Gasteiger partial charge in [-0.2, -0.15) is 0 Å². The van der Waals surface area contributed by atoms with E-state index < -0.39 is 6.09 Å². The van der Waals surface area contributed by atoms with Crippen LogP contribution in [-0.4, -0.2) is 57.0 Å². The van der Waals surface area contributed by atoms with Crippen LogP contribution in [0.3, 0.4) is 0 Å². The van der Waals surface area contributed by atoms with Crippen molar-refractivity contribution in [2.24, 2.45) is 11.8 Å². The van der Waals surface area contributed by atoms with Gasteiger partial charge in [0, 0.05) is 53.2 Å². The maximum Gasteiger partial charge on any atom is 0.407 e. The van der Waals surface area contributed by atoms with Crippen LogP contribution in [0.2, 0.25) is 5.02 Å². The zero-order valence-electron chi connectivity index (χ0n) is 21.0. The minimum Gasteiger partial charge on any atom is -0.489 e. The first kappa shape index (κ1) is 25.1. The molecule has 198 valence electrons. The predicted molar refractivity (Wildman–Crippen MR) is 144 cm³/mol. The molecule has 2 saturated heterocycles. The molecule has 2 unspecified atom stereocenters. The van der Waals surface area contributed by atoms with Crippen LogP contribution in [0.4, 0.5) is 4.79 Å². The van der Waals surface area contributed by atoms with Gasteiger partial charge in [0.25, 0.3) is 0 Å². The van der Waals surface area contributed by atoms with E-state index in [1.165, 1.54) is 21.1 Å². The average molecular weight is 554 g/mol. The number of thiophene rings is 1. The zero-order valence-corrected chi connectivity index (χ0v) is 22.6.